The third-order valence-electron chi connectivity index (χ3n) is 4.18. The molecule has 1 saturated heterocycles. The van der Waals surface area contributed by atoms with Gasteiger partial charge in [0.05, 0.1) is 29.4 Å². The van der Waals surface area contributed by atoms with Crippen LogP contribution in [0, 0.1) is 21.4 Å². The lowest BCUT2D eigenvalue weighted by molar-refractivity contribution is -0.384. The van der Waals surface area contributed by atoms with Crippen molar-refractivity contribution in [2.75, 3.05) is 11.4 Å². The van der Waals surface area contributed by atoms with E-state index in [0.717, 1.165) is 6.42 Å². The summed E-state index contributed by atoms with van der Waals surface area (Å²) >= 11 is 0. The minimum atomic E-state index is -0.522. The van der Waals surface area contributed by atoms with Gasteiger partial charge in [-0.3, -0.25) is 14.9 Å². The van der Waals surface area contributed by atoms with E-state index in [0.29, 0.717) is 24.4 Å². The standard InChI is InChI=1S/C17H16N4O4/c18-10-12-5-6-14(16(9-12)21(23)24)20-7-1-4-15(20)17(22)19-11-13-3-2-8-25-13/h2-3,5-6,8-9,15H,1,4,7,11H2,(H,19,22)/t15-/m0/s1. The smallest absolute Gasteiger partial charge is 0.293 e. The van der Waals surface area contributed by atoms with E-state index >= 15 is 0 Å². The Labute approximate surface area is 143 Å². The monoisotopic (exact) mass is 340 g/mol. The minimum Gasteiger partial charge on any atom is -0.467 e. The Morgan fingerprint density at radius 2 is 2.32 bits per heavy atom. The summed E-state index contributed by atoms with van der Waals surface area (Å²) in [6.07, 6.45) is 2.90. The number of nitriles is 1. The number of nitro benzene ring substituents is 1. The maximum atomic E-state index is 12.5. The Kier molecular flexibility index (Phi) is 4.66. The summed E-state index contributed by atoms with van der Waals surface area (Å²) < 4.78 is 5.19. The fourth-order valence-corrected chi connectivity index (χ4v) is 3.01. The van der Waals surface area contributed by atoms with Gasteiger partial charge in [-0.25, -0.2) is 0 Å². The van der Waals surface area contributed by atoms with Gasteiger partial charge in [0.1, 0.15) is 17.5 Å². The molecule has 8 heteroatoms. The zero-order valence-corrected chi connectivity index (χ0v) is 13.3. The van der Waals surface area contributed by atoms with Gasteiger partial charge in [-0.1, -0.05) is 0 Å². The van der Waals surface area contributed by atoms with Crippen LogP contribution in [0.15, 0.2) is 41.0 Å². The number of nitrogens with one attached hydrogen (secondary N) is 1. The minimum absolute atomic E-state index is 0.162. The van der Waals surface area contributed by atoms with Crippen molar-refractivity contribution in [3.63, 3.8) is 0 Å². The average molecular weight is 340 g/mol. The highest BCUT2D eigenvalue weighted by Crippen LogP contribution is 2.34. The molecule has 1 amide bonds. The van der Waals surface area contributed by atoms with Gasteiger partial charge in [-0.15, -0.1) is 0 Å². The van der Waals surface area contributed by atoms with Gasteiger partial charge < -0.3 is 14.6 Å². The lowest BCUT2D eigenvalue weighted by atomic mass is 10.1. The SMILES string of the molecule is N#Cc1ccc(N2CCC[C@H]2C(=O)NCc2ccco2)c([N+](=O)[O-])c1. The van der Waals surface area contributed by atoms with Crippen LogP contribution >= 0.6 is 0 Å². The number of furan rings is 1. The Bertz CT molecular complexity index is 826. The topological polar surface area (TPSA) is 112 Å². The molecule has 0 bridgehead atoms. The fourth-order valence-electron chi connectivity index (χ4n) is 3.01. The van der Waals surface area contributed by atoms with Crippen LogP contribution in [-0.2, 0) is 11.3 Å². The second-order valence-corrected chi connectivity index (χ2v) is 5.72. The second-order valence-electron chi connectivity index (χ2n) is 5.72. The molecule has 8 nitrogen and oxygen atoms in total. The van der Waals surface area contributed by atoms with Crippen LogP contribution in [0.5, 0.6) is 0 Å². The van der Waals surface area contributed by atoms with E-state index in [9.17, 15) is 14.9 Å². The van der Waals surface area contributed by atoms with Crippen LogP contribution in [0.25, 0.3) is 0 Å². The first kappa shape index (κ1) is 16.5. The highest BCUT2D eigenvalue weighted by Gasteiger charge is 2.34. The van der Waals surface area contributed by atoms with Crippen molar-refractivity contribution < 1.29 is 14.1 Å². The lowest BCUT2D eigenvalue weighted by Gasteiger charge is -2.25. The summed E-state index contributed by atoms with van der Waals surface area (Å²) in [6.45, 7) is 0.817. The molecular weight excluding hydrogens is 324 g/mol. The van der Waals surface area contributed by atoms with Crippen LogP contribution in [0.2, 0.25) is 0 Å². The molecule has 1 atom stereocenters. The molecule has 1 aliphatic heterocycles. The van der Waals surface area contributed by atoms with E-state index in [-0.39, 0.29) is 23.7 Å². The van der Waals surface area contributed by atoms with Crippen molar-refractivity contribution in [3.05, 3.63) is 58.0 Å². The third kappa shape index (κ3) is 3.45. The molecule has 3 rings (SSSR count). The summed E-state index contributed by atoms with van der Waals surface area (Å²) in [7, 11) is 0. The van der Waals surface area contributed by atoms with Crippen molar-refractivity contribution in [2.45, 2.75) is 25.4 Å². The predicted molar refractivity (Wildman–Crippen MR) is 88.7 cm³/mol. The number of carbonyl (C=O) groups is 1. The first-order chi connectivity index (χ1) is 12.1. The van der Waals surface area contributed by atoms with E-state index in [1.165, 1.54) is 24.5 Å². The normalized spacial score (nSPS) is 16.4. The van der Waals surface area contributed by atoms with Crippen LogP contribution < -0.4 is 10.2 Å². The largest absolute Gasteiger partial charge is 0.467 e. The van der Waals surface area contributed by atoms with Gasteiger partial charge in [0.2, 0.25) is 5.91 Å². The van der Waals surface area contributed by atoms with Crippen molar-refractivity contribution in [1.29, 1.82) is 5.26 Å². The van der Waals surface area contributed by atoms with Crippen molar-refractivity contribution >= 4 is 17.3 Å². The molecule has 2 aromatic rings. The van der Waals surface area contributed by atoms with E-state index < -0.39 is 11.0 Å². The molecule has 2 heterocycles. The molecule has 128 valence electrons. The molecule has 0 aliphatic carbocycles. The summed E-state index contributed by atoms with van der Waals surface area (Å²) in [5, 5.41) is 23.1. The number of hydrogen-bond acceptors (Lipinski definition) is 6. The number of carbonyl (C=O) groups excluding carboxylic acids is 1. The molecule has 0 saturated carbocycles. The maximum absolute atomic E-state index is 12.5. The summed E-state index contributed by atoms with van der Waals surface area (Å²) in [5.41, 5.74) is 0.415. The summed E-state index contributed by atoms with van der Waals surface area (Å²) in [6, 6.07) is 9.22. The summed E-state index contributed by atoms with van der Waals surface area (Å²) in [5.74, 6) is 0.440. The van der Waals surface area contributed by atoms with Gasteiger partial charge in [-0.05, 0) is 37.1 Å². The maximum Gasteiger partial charge on any atom is 0.293 e. The van der Waals surface area contributed by atoms with E-state index in [4.69, 9.17) is 9.68 Å². The zero-order chi connectivity index (χ0) is 17.8. The van der Waals surface area contributed by atoms with Crippen molar-refractivity contribution in [2.24, 2.45) is 0 Å². The number of rotatable bonds is 5. The molecule has 0 radical (unpaired) electrons. The molecule has 1 aromatic carbocycles. The number of anilines is 1. The van der Waals surface area contributed by atoms with E-state index in [1.807, 2.05) is 6.07 Å². The predicted octanol–water partition coefficient (Wildman–Crippen LogP) is 2.34. The fraction of sp³-hybridized carbons (Fsp3) is 0.294. The highest BCUT2D eigenvalue weighted by atomic mass is 16.6. The zero-order valence-electron chi connectivity index (χ0n) is 13.3. The van der Waals surface area contributed by atoms with E-state index in [1.54, 1.807) is 17.0 Å². The van der Waals surface area contributed by atoms with Gasteiger partial charge in [0.15, 0.2) is 0 Å². The average Bonchev–Trinajstić information content (AvgIpc) is 3.30. The molecule has 1 N–H and O–H groups in total. The molecule has 1 aliphatic rings. The van der Waals surface area contributed by atoms with Gasteiger partial charge in [0.25, 0.3) is 5.69 Å². The number of hydrogen-bond donors (Lipinski definition) is 1. The van der Waals surface area contributed by atoms with Gasteiger partial charge in [-0.2, -0.15) is 5.26 Å². The van der Waals surface area contributed by atoms with Crippen LogP contribution in [0.4, 0.5) is 11.4 Å². The Balaban J connectivity index is 1.80. The quantitative estimate of drug-likeness (QED) is 0.660. The van der Waals surface area contributed by atoms with Crippen LogP contribution in [0.3, 0.4) is 0 Å². The highest BCUT2D eigenvalue weighted by molar-refractivity contribution is 5.87. The Morgan fingerprint density at radius 1 is 1.48 bits per heavy atom. The second kappa shape index (κ2) is 7.05. The molecule has 0 spiro atoms. The number of nitro groups is 1. The van der Waals surface area contributed by atoms with Crippen molar-refractivity contribution in [1.82, 2.24) is 5.32 Å². The molecule has 25 heavy (non-hydrogen) atoms. The first-order valence-electron chi connectivity index (χ1n) is 7.85. The Morgan fingerprint density at radius 3 is 3.00 bits per heavy atom. The first-order valence-corrected chi connectivity index (χ1v) is 7.85. The van der Waals surface area contributed by atoms with Gasteiger partial charge >= 0.3 is 0 Å². The molecular formula is C17H16N4O4. The Hall–Kier alpha value is -3.34. The summed E-state index contributed by atoms with van der Waals surface area (Å²) in [4.78, 5) is 25.1. The molecule has 0 unspecified atom stereocenters. The molecule has 1 fully saturated rings. The number of amides is 1. The lowest BCUT2D eigenvalue weighted by Crippen LogP contribution is -2.43. The van der Waals surface area contributed by atoms with Crippen LogP contribution in [0.1, 0.15) is 24.2 Å². The number of nitrogens with zero attached hydrogens (tertiary/aromatic N) is 3. The van der Waals surface area contributed by atoms with Gasteiger partial charge in [0, 0.05) is 12.6 Å². The number of benzene rings is 1. The molecule has 1 aromatic heterocycles. The van der Waals surface area contributed by atoms with Crippen LogP contribution in [-0.4, -0.2) is 23.4 Å². The third-order valence-corrected chi connectivity index (χ3v) is 4.18. The van der Waals surface area contributed by atoms with E-state index in [2.05, 4.69) is 5.32 Å². The van der Waals surface area contributed by atoms with Crippen molar-refractivity contribution in [3.8, 4) is 6.07 Å².